The van der Waals surface area contributed by atoms with Crippen LogP contribution in [-0.2, 0) is 6.42 Å². The van der Waals surface area contributed by atoms with Gasteiger partial charge in [0.2, 0.25) is 0 Å². The van der Waals surface area contributed by atoms with Crippen molar-refractivity contribution >= 4 is 11.6 Å². The van der Waals surface area contributed by atoms with Gasteiger partial charge < -0.3 is 10.1 Å². The highest BCUT2D eigenvalue weighted by molar-refractivity contribution is 5.60. The van der Waals surface area contributed by atoms with E-state index in [-0.39, 0.29) is 5.75 Å². The SMILES string of the molecule is COc1cc(Cc2nccc(Nc3c(C)c(C)nn3-c3ccccc3)n2)ccc1F. The Hall–Kier alpha value is -3.74. The number of nitrogens with zero attached hydrogens (tertiary/aromatic N) is 4. The van der Waals surface area contributed by atoms with Crippen LogP contribution in [0.15, 0.2) is 60.8 Å². The number of halogens is 1. The standard InChI is InChI=1S/C23H22FN5O/c1-15-16(2)28-29(18-7-5-4-6-8-18)23(15)27-21-11-12-25-22(26-21)14-17-9-10-19(24)20(13-17)30-3/h4-13H,14H2,1-3H3,(H,25,26,27). The van der Waals surface area contributed by atoms with Gasteiger partial charge in [-0.05, 0) is 49.7 Å². The molecule has 2 aromatic carbocycles. The molecule has 0 saturated heterocycles. The number of para-hydroxylation sites is 1. The number of anilines is 2. The summed E-state index contributed by atoms with van der Waals surface area (Å²) in [4.78, 5) is 8.98. The van der Waals surface area contributed by atoms with Crippen molar-refractivity contribution in [3.8, 4) is 11.4 Å². The maximum atomic E-state index is 13.7. The van der Waals surface area contributed by atoms with Gasteiger partial charge in [0.05, 0.1) is 18.5 Å². The van der Waals surface area contributed by atoms with Crippen molar-refractivity contribution in [2.45, 2.75) is 20.3 Å². The van der Waals surface area contributed by atoms with Crippen molar-refractivity contribution in [2.75, 3.05) is 12.4 Å². The summed E-state index contributed by atoms with van der Waals surface area (Å²) in [6.45, 7) is 4.00. The van der Waals surface area contributed by atoms with Gasteiger partial charge in [-0.3, -0.25) is 0 Å². The van der Waals surface area contributed by atoms with E-state index in [2.05, 4.69) is 20.4 Å². The Bertz CT molecular complexity index is 1170. The molecule has 152 valence electrons. The lowest BCUT2D eigenvalue weighted by molar-refractivity contribution is 0.386. The van der Waals surface area contributed by atoms with Gasteiger partial charge in [0.15, 0.2) is 11.6 Å². The van der Waals surface area contributed by atoms with Crippen LogP contribution in [0.5, 0.6) is 5.75 Å². The van der Waals surface area contributed by atoms with Gasteiger partial charge in [-0.25, -0.2) is 19.0 Å². The molecule has 0 spiro atoms. The molecule has 0 bridgehead atoms. The van der Waals surface area contributed by atoms with Crippen molar-refractivity contribution in [2.24, 2.45) is 0 Å². The molecular formula is C23H22FN5O. The van der Waals surface area contributed by atoms with E-state index in [1.165, 1.54) is 13.2 Å². The molecule has 0 saturated carbocycles. The minimum Gasteiger partial charge on any atom is -0.494 e. The van der Waals surface area contributed by atoms with E-state index in [1.54, 1.807) is 18.3 Å². The van der Waals surface area contributed by atoms with Gasteiger partial charge in [0.25, 0.3) is 0 Å². The van der Waals surface area contributed by atoms with Crippen molar-refractivity contribution < 1.29 is 9.13 Å². The number of nitrogens with one attached hydrogen (secondary N) is 1. The fourth-order valence-corrected chi connectivity index (χ4v) is 3.18. The van der Waals surface area contributed by atoms with Crippen LogP contribution >= 0.6 is 0 Å². The first-order valence-electron chi connectivity index (χ1n) is 9.58. The van der Waals surface area contributed by atoms with Crippen molar-refractivity contribution in [3.63, 3.8) is 0 Å². The number of benzene rings is 2. The molecule has 0 aliphatic rings. The minimum atomic E-state index is -0.391. The summed E-state index contributed by atoms with van der Waals surface area (Å²) in [6, 6.07) is 16.5. The average Bonchev–Trinajstić information content (AvgIpc) is 3.04. The largest absolute Gasteiger partial charge is 0.494 e. The lowest BCUT2D eigenvalue weighted by atomic mass is 10.1. The van der Waals surface area contributed by atoms with E-state index < -0.39 is 5.82 Å². The van der Waals surface area contributed by atoms with E-state index in [0.717, 1.165) is 28.3 Å². The van der Waals surface area contributed by atoms with Crippen molar-refractivity contribution in [3.05, 3.63) is 89.3 Å². The third-order valence-electron chi connectivity index (χ3n) is 4.89. The van der Waals surface area contributed by atoms with Crippen molar-refractivity contribution in [1.82, 2.24) is 19.7 Å². The van der Waals surface area contributed by atoms with Crippen molar-refractivity contribution in [1.29, 1.82) is 0 Å². The number of aromatic nitrogens is 4. The Morgan fingerprint density at radius 3 is 2.63 bits per heavy atom. The van der Waals surface area contributed by atoms with Crippen LogP contribution in [0.3, 0.4) is 0 Å². The van der Waals surface area contributed by atoms with Crippen LogP contribution < -0.4 is 10.1 Å². The van der Waals surface area contributed by atoms with Crippen LogP contribution in [0.2, 0.25) is 0 Å². The second-order valence-electron chi connectivity index (χ2n) is 6.94. The average molecular weight is 403 g/mol. The summed E-state index contributed by atoms with van der Waals surface area (Å²) in [5.74, 6) is 1.95. The summed E-state index contributed by atoms with van der Waals surface area (Å²) in [6.07, 6.45) is 2.17. The van der Waals surface area contributed by atoms with Gasteiger partial charge >= 0.3 is 0 Å². The number of methoxy groups -OCH3 is 1. The van der Waals surface area contributed by atoms with E-state index in [0.29, 0.717) is 18.1 Å². The summed E-state index contributed by atoms with van der Waals surface area (Å²) in [7, 11) is 1.45. The normalized spacial score (nSPS) is 10.8. The van der Waals surface area contributed by atoms with Gasteiger partial charge in [0, 0.05) is 18.2 Å². The van der Waals surface area contributed by atoms with Gasteiger partial charge in [-0.1, -0.05) is 24.3 Å². The molecule has 0 radical (unpaired) electrons. The molecule has 0 amide bonds. The molecule has 6 nitrogen and oxygen atoms in total. The maximum Gasteiger partial charge on any atom is 0.165 e. The van der Waals surface area contributed by atoms with E-state index in [4.69, 9.17) is 4.74 Å². The van der Waals surface area contributed by atoms with Gasteiger partial charge in [-0.2, -0.15) is 5.10 Å². The molecule has 0 aliphatic heterocycles. The Morgan fingerprint density at radius 2 is 1.87 bits per heavy atom. The first-order chi connectivity index (χ1) is 14.5. The fourth-order valence-electron chi connectivity index (χ4n) is 3.18. The van der Waals surface area contributed by atoms with Crippen LogP contribution in [0.1, 0.15) is 22.6 Å². The second-order valence-corrected chi connectivity index (χ2v) is 6.94. The second kappa shape index (κ2) is 8.32. The topological polar surface area (TPSA) is 64.9 Å². The molecule has 4 rings (SSSR count). The van der Waals surface area contributed by atoms with Gasteiger partial charge in [-0.15, -0.1) is 0 Å². The zero-order valence-electron chi connectivity index (χ0n) is 17.1. The van der Waals surface area contributed by atoms with Crippen LogP contribution in [0.25, 0.3) is 5.69 Å². The van der Waals surface area contributed by atoms with Gasteiger partial charge in [0.1, 0.15) is 17.5 Å². The Labute approximate surface area is 174 Å². The molecule has 2 aromatic heterocycles. The monoisotopic (exact) mass is 403 g/mol. The number of hydrogen-bond donors (Lipinski definition) is 1. The Balaban J connectivity index is 1.62. The quantitative estimate of drug-likeness (QED) is 0.503. The summed E-state index contributed by atoms with van der Waals surface area (Å²) >= 11 is 0. The molecule has 0 fully saturated rings. The summed E-state index contributed by atoms with van der Waals surface area (Å²) in [5.41, 5.74) is 3.81. The number of rotatable bonds is 6. The predicted octanol–water partition coefficient (Wildman–Crippen LogP) is 4.76. The maximum absolute atomic E-state index is 13.7. The van der Waals surface area contributed by atoms with Crippen LogP contribution in [0, 0.1) is 19.7 Å². The molecule has 7 heteroatoms. The first-order valence-corrected chi connectivity index (χ1v) is 9.58. The lowest BCUT2D eigenvalue weighted by Crippen LogP contribution is -2.06. The molecule has 0 atom stereocenters. The zero-order chi connectivity index (χ0) is 21.1. The number of hydrogen-bond acceptors (Lipinski definition) is 5. The molecule has 0 unspecified atom stereocenters. The zero-order valence-corrected chi connectivity index (χ0v) is 17.1. The smallest absolute Gasteiger partial charge is 0.165 e. The minimum absolute atomic E-state index is 0.208. The Morgan fingerprint density at radius 1 is 1.07 bits per heavy atom. The molecule has 1 N–H and O–H groups in total. The van der Waals surface area contributed by atoms with E-state index in [9.17, 15) is 4.39 Å². The lowest BCUT2D eigenvalue weighted by Gasteiger charge is -2.11. The molecule has 4 aromatic rings. The predicted molar refractivity (Wildman–Crippen MR) is 114 cm³/mol. The third kappa shape index (κ3) is 4.00. The first kappa shape index (κ1) is 19.6. The van der Waals surface area contributed by atoms with Crippen LogP contribution in [0.4, 0.5) is 16.0 Å². The molecule has 30 heavy (non-hydrogen) atoms. The fraction of sp³-hybridized carbons (Fsp3) is 0.174. The summed E-state index contributed by atoms with van der Waals surface area (Å²) in [5, 5.41) is 8.04. The van der Waals surface area contributed by atoms with Crippen LogP contribution in [-0.4, -0.2) is 26.9 Å². The third-order valence-corrected chi connectivity index (χ3v) is 4.89. The summed E-state index contributed by atoms with van der Waals surface area (Å²) < 4.78 is 20.6. The number of aryl methyl sites for hydroxylation is 1. The molecule has 0 aliphatic carbocycles. The highest BCUT2D eigenvalue weighted by Gasteiger charge is 2.14. The van der Waals surface area contributed by atoms with E-state index >= 15 is 0 Å². The Kier molecular flexibility index (Phi) is 5.43. The number of ether oxygens (including phenoxy) is 1. The highest BCUT2D eigenvalue weighted by atomic mass is 19.1. The molecular weight excluding hydrogens is 381 g/mol. The highest BCUT2D eigenvalue weighted by Crippen LogP contribution is 2.26. The van der Waals surface area contributed by atoms with E-state index in [1.807, 2.05) is 54.9 Å². The molecule has 2 heterocycles.